The van der Waals surface area contributed by atoms with E-state index in [1.165, 1.54) is 0 Å². The Hall–Kier alpha value is 0.590. The van der Waals surface area contributed by atoms with Gasteiger partial charge in [0, 0.05) is 0 Å². The average molecular weight is 359 g/mol. The lowest BCUT2D eigenvalue weighted by Crippen LogP contribution is -2.33. The first-order chi connectivity index (χ1) is 5.48. The topological polar surface area (TPSA) is 17.1 Å². The van der Waals surface area contributed by atoms with E-state index in [0.29, 0.717) is 4.48 Å². The molecule has 1 unspecified atom stereocenters. The zero-order chi connectivity index (χ0) is 9.35. The van der Waals surface area contributed by atoms with Gasteiger partial charge in [0.25, 0.3) is 0 Å². The number of carbonyl (C=O) groups excluding carboxylic acids is 1. The molecule has 66 valence electrons. The first-order valence-electron chi connectivity index (χ1n) is 3.36. The van der Waals surface area contributed by atoms with Crippen molar-refractivity contribution >= 4 is 53.6 Å². The van der Waals surface area contributed by atoms with Crippen LogP contribution in [0.2, 0.25) is 0 Å². The van der Waals surface area contributed by atoms with Crippen LogP contribution < -0.4 is 0 Å². The number of allylic oxidation sites excluding steroid dienone is 4. The van der Waals surface area contributed by atoms with Gasteiger partial charge in [-0.05, 0) is 28.9 Å². The number of carbonyl (C=O) groups is 1. The smallest absolute Gasteiger partial charge is 0.181 e. The van der Waals surface area contributed by atoms with Crippen molar-refractivity contribution in [2.45, 2.75) is 10.7 Å². The summed E-state index contributed by atoms with van der Waals surface area (Å²) in [5.41, 5.74) is -0.492. The summed E-state index contributed by atoms with van der Waals surface area (Å²) < 4.78 is 0.582. The number of hydrogen-bond acceptors (Lipinski definition) is 1. The van der Waals surface area contributed by atoms with Gasteiger partial charge in [0.15, 0.2) is 5.78 Å². The minimum atomic E-state index is -0.492. The Balaban J connectivity index is 3.04. The van der Waals surface area contributed by atoms with Crippen LogP contribution in [0.25, 0.3) is 0 Å². The predicted octanol–water partition coefficient (Wildman–Crippen LogP) is 3.53. The van der Waals surface area contributed by atoms with Crippen molar-refractivity contribution in [2.24, 2.45) is 5.41 Å². The van der Waals surface area contributed by atoms with Crippen LogP contribution in [-0.2, 0) is 4.79 Å². The quantitative estimate of drug-likeness (QED) is 0.655. The van der Waals surface area contributed by atoms with E-state index in [-0.39, 0.29) is 9.52 Å². The standard InChI is InChI=1S/C8H7Br3O/c1-8(7(10)11)4-2-3-5(9)6(8)12/h2-4,7H,1H3. The molecule has 1 atom stereocenters. The predicted molar refractivity (Wildman–Crippen MR) is 60.9 cm³/mol. The highest BCUT2D eigenvalue weighted by atomic mass is 79.9. The first-order valence-corrected chi connectivity index (χ1v) is 5.99. The zero-order valence-electron chi connectivity index (χ0n) is 6.35. The van der Waals surface area contributed by atoms with Crippen LogP contribution >= 0.6 is 47.8 Å². The molecule has 4 heteroatoms. The summed E-state index contributed by atoms with van der Waals surface area (Å²) in [7, 11) is 0. The van der Waals surface area contributed by atoms with Gasteiger partial charge in [0.1, 0.15) is 0 Å². The molecule has 0 bridgehead atoms. The van der Waals surface area contributed by atoms with Crippen molar-refractivity contribution in [2.75, 3.05) is 0 Å². The Kier molecular flexibility index (Phi) is 3.34. The van der Waals surface area contributed by atoms with Crippen molar-refractivity contribution < 1.29 is 4.79 Å². The van der Waals surface area contributed by atoms with Gasteiger partial charge in [-0.1, -0.05) is 44.0 Å². The molecule has 0 saturated heterocycles. The number of hydrogen-bond donors (Lipinski definition) is 0. The van der Waals surface area contributed by atoms with Crippen LogP contribution in [0.3, 0.4) is 0 Å². The molecule has 1 nitrogen and oxygen atoms in total. The maximum atomic E-state index is 11.7. The molecule has 0 aromatic heterocycles. The molecule has 0 fully saturated rings. The van der Waals surface area contributed by atoms with Gasteiger partial charge in [-0.2, -0.15) is 0 Å². The summed E-state index contributed by atoms with van der Waals surface area (Å²) in [5.74, 6) is 0.0868. The Bertz CT molecular complexity index is 267. The van der Waals surface area contributed by atoms with Crippen LogP contribution in [0.15, 0.2) is 22.7 Å². The summed E-state index contributed by atoms with van der Waals surface area (Å²) in [6.45, 7) is 1.88. The largest absolute Gasteiger partial charge is 0.293 e. The van der Waals surface area contributed by atoms with Gasteiger partial charge in [0.05, 0.1) is 13.6 Å². The third-order valence-corrected chi connectivity index (χ3v) is 4.37. The maximum Gasteiger partial charge on any atom is 0.181 e. The molecule has 0 heterocycles. The fourth-order valence-corrected chi connectivity index (χ4v) is 2.21. The van der Waals surface area contributed by atoms with E-state index >= 15 is 0 Å². The zero-order valence-corrected chi connectivity index (χ0v) is 11.1. The van der Waals surface area contributed by atoms with Crippen LogP contribution in [0.1, 0.15) is 6.92 Å². The van der Waals surface area contributed by atoms with Crippen molar-refractivity contribution in [1.82, 2.24) is 0 Å². The normalized spacial score (nSPS) is 29.4. The third kappa shape index (κ3) is 1.75. The highest BCUT2D eigenvalue weighted by molar-refractivity contribution is 9.24. The third-order valence-electron chi connectivity index (χ3n) is 1.84. The molecule has 1 rings (SSSR count). The van der Waals surface area contributed by atoms with E-state index in [4.69, 9.17) is 0 Å². The summed E-state index contributed by atoms with van der Waals surface area (Å²) in [6, 6.07) is 0. The van der Waals surface area contributed by atoms with Gasteiger partial charge in [0.2, 0.25) is 0 Å². The van der Waals surface area contributed by atoms with Crippen LogP contribution in [0.4, 0.5) is 0 Å². The summed E-state index contributed by atoms with van der Waals surface area (Å²) in [6.07, 6.45) is 5.52. The molecular weight excluding hydrogens is 352 g/mol. The van der Waals surface area contributed by atoms with E-state index in [2.05, 4.69) is 47.8 Å². The molecule has 0 amide bonds. The second kappa shape index (κ2) is 3.76. The number of halogens is 3. The molecule has 0 N–H and O–H groups in total. The van der Waals surface area contributed by atoms with E-state index in [0.717, 1.165) is 0 Å². The highest BCUT2D eigenvalue weighted by Crippen LogP contribution is 2.39. The Morgan fingerprint density at radius 1 is 1.50 bits per heavy atom. The van der Waals surface area contributed by atoms with Crippen LogP contribution in [0, 0.1) is 5.41 Å². The van der Waals surface area contributed by atoms with Crippen LogP contribution in [-0.4, -0.2) is 9.52 Å². The van der Waals surface area contributed by atoms with Gasteiger partial charge < -0.3 is 0 Å². The molecular formula is C8H7Br3O. The van der Waals surface area contributed by atoms with Crippen molar-refractivity contribution in [3.05, 3.63) is 22.7 Å². The molecule has 12 heavy (non-hydrogen) atoms. The molecule has 0 aromatic carbocycles. The average Bonchev–Trinajstić information content (AvgIpc) is 2.00. The summed E-state index contributed by atoms with van der Waals surface area (Å²) in [4.78, 5) is 11.7. The van der Waals surface area contributed by atoms with Gasteiger partial charge in [-0.3, -0.25) is 4.79 Å². The van der Waals surface area contributed by atoms with Crippen LogP contribution in [0.5, 0.6) is 0 Å². The molecule has 0 radical (unpaired) electrons. The van der Waals surface area contributed by atoms with E-state index < -0.39 is 5.41 Å². The van der Waals surface area contributed by atoms with E-state index in [1.54, 1.807) is 6.08 Å². The van der Waals surface area contributed by atoms with Gasteiger partial charge in [-0.25, -0.2) is 0 Å². The number of alkyl halides is 2. The van der Waals surface area contributed by atoms with E-state index in [9.17, 15) is 4.79 Å². The second-order valence-corrected chi connectivity index (χ2v) is 6.70. The maximum absolute atomic E-state index is 11.7. The van der Waals surface area contributed by atoms with Crippen molar-refractivity contribution in [3.63, 3.8) is 0 Å². The fraction of sp³-hybridized carbons (Fsp3) is 0.375. The molecule has 0 saturated carbocycles. The first kappa shape index (κ1) is 10.7. The number of Topliss-reactive ketones (excluding diaryl/α,β-unsaturated/α-hetero) is 1. The summed E-state index contributed by atoms with van der Waals surface area (Å²) >= 11 is 9.93. The monoisotopic (exact) mass is 356 g/mol. The minimum absolute atomic E-state index is 0.0394. The lowest BCUT2D eigenvalue weighted by molar-refractivity contribution is -0.120. The minimum Gasteiger partial charge on any atom is -0.293 e. The Morgan fingerprint density at radius 2 is 2.08 bits per heavy atom. The summed E-state index contributed by atoms with van der Waals surface area (Å²) in [5, 5.41) is 0. The Labute approximate surface area is 96.7 Å². The highest BCUT2D eigenvalue weighted by Gasteiger charge is 2.38. The molecule has 1 aliphatic rings. The van der Waals surface area contributed by atoms with Crippen molar-refractivity contribution in [1.29, 1.82) is 0 Å². The molecule has 0 aliphatic heterocycles. The van der Waals surface area contributed by atoms with E-state index in [1.807, 2.05) is 19.1 Å². The number of ketones is 1. The molecule has 1 aliphatic carbocycles. The van der Waals surface area contributed by atoms with Crippen molar-refractivity contribution in [3.8, 4) is 0 Å². The van der Waals surface area contributed by atoms with Gasteiger partial charge in [-0.15, -0.1) is 0 Å². The SMILES string of the molecule is CC1(C(Br)Br)C=CC=C(Br)C1=O. The fourth-order valence-electron chi connectivity index (χ4n) is 0.913. The Morgan fingerprint density at radius 3 is 2.50 bits per heavy atom. The molecule has 0 spiro atoms. The van der Waals surface area contributed by atoms with Gasteiger partial charge >= 0.3 is 0 Å². The lowest BCUT2D eigenvalue weighted by atomic mass is 9.85. The molecule has 0 aromatic rings. The second-order valence-electron chi connectivity index (χ2n) is 2.79. The number of rotatable bonds is 1. The lowest BCUT2D eigenvalue weighted by Gasteiger charge is -2.27.